The first-order valence-corrected chi connectivity index (χ1v) is 13.2. The minimum absolute atomic E-state index is 0.0487. The lowest BCUT2D eigenvalue weighted by atomic mass is 9.96. The average molecular weight is 506 g/mol. The number of anilines is 2. The van der Waals surface area contributed by atoms with Crippen molar-refractivity contribution >= 4 is 40.1 Å². The molecule has 1 unspecified atom stereocenters. The molecule has 1 aliphatic heterocycles. The van der Waals surface area contributed by atoms with Crippen LogP contribution < -0.4 is 15.8 Å². The van der Waals surface area contributed by atoms with Crippen molar-refractivity contribution in [1.29, 1.82) is 0 Å². The Balaban J connectivity index is 1.09. The van der Waals surface area contributed by atoms with Gasteiger partial charge in [-0.25, -0.2) is 4.98 Å². The van der Waals surface area contributed by atoms with Crippen molar-refractivity contribution in [3.63, 3.8) is 0 Å². The van der Waals surface area contributed by atoms with Crippen LogP contribution in [0.25, 0.3) is 11.0 Å². The normalized spacial score (nSPS) is 18.2. The minimum atomic E-state index is -0.203. The smallest absolute Gasteiger partial charge is 0.231 e. The van der Waals surface area contributed by atoms with Crippen LogP contribution in [0.3, 0.4) is 0 Å². The Hall–Kier alpha value is -3.27. The van der Waals surface area contributed by atoms with Crippen LogP contribution in [-0.4, -0.2) is 66.0 Å². The highest BCUT2D eigenvalue weighted by Crippen LogP contribution is 2.27. The van der Waals surface area contributed by atoms with Crippen molar-refractivity contribution in [3.05, 3.63) is 66.3 Å². The van der Waals surface area contributed by atoms with Gasteiger partial charge in [-0.3, -0.25) is 9.69 Å². The topological polar surface area (TPSA) is 106 Å². The summed E-state index contributed by atoms with van der Waals surface area (Å²) >= 11 is 1.65. The number of benzene rings is 2. The lowest BCUT2D eigenvalue weighted by Crippen LogP contribution is -2.38. The first-order valence-electron chi connectivity index (χ1n) is 12.2. The molecule has 1 saturated heterocycles. The van der Waals surface area contributed by atoms with Gasteiger partial charge in [-0.15, -0.1) is 0 Å². The number of H-pyrrole nitrogens is 1. The number of nitrogen functional groups attached to an aromatic ring is 1. The Bertz CT molecular complexity index is 1270. The highest BCUT2D eigenvalue weighted by molar-refractivity contribution is 7.99. The van der Waals surface area contributed by atoms with E-state index < -0.39 is 0 Å². The molecule has 36 heavy (non-hydrogen) atoms. The van der Waals surface area contributed by atoms with Gasteiger partial charge < -0.3 is 25.5 Å². The molecule has 2 aliphatic rings. The number of hydrogen-bond acceptors (Lipinski definition) is 7. The van der Waals surface area contributed by atoms with E-state index in [2.05, 4.69) is 21.3 Å². The number of thioether (sulfide) groups is 1. The Labute approximate surface area is 214 Å². The lowest BCUT2D eigenvalue weighted by molar-refractivity contribution is -0.118. The van der Waals surface area contributed by atoms with E-state index in [0.717, 1.165) is 60.5 Å². The average Bonchev–Trinajstić information content (AvgIpc) is 3.32. The number of aromatic nitrogens is 2. The Morgan fingerprint density at radius 1 is 1.25 bits per heavy atom. The Kier molecular flexibility index (Phi) is 7.90. The van der Waals surface area contributed by atoms with Crippen molar-refractivity contribution in [2.45, 2.75) is 11.6 Å². The number of nitrogens with zero attached hydrogens (tertiary/aromatic N) is 2. The maximum atomic E-state index is 12.6. The molecule has 5 rings (SSSR count). The zero-order valence-electron chi connectivity index (χ0n) is 20.1. The SMILES string of the molecule is Nc1ccccc1NC(=O)C1C=CC(CSc2nc3ccc(OCCN4CCOCC4)cc3[nH]2)=CC1. The van der Waals surface area contributed by atoms with Crippen molar-refractivity contribution in [1.82, 2.24) is 14.9 Å². The van der Waals surface area contributed by atoms with Gasteiger partial charge in [-0.1, -0.05) is 42.1 Å². The predicted molar refractivity (Wildman–Crippen MR) is 144 cm³/mol. The largest absolute Gasteiger partial charge is 0.492 e. The summed E-state index contributed by atoms with van der Waals surface area (Å²) < 4.78 is 11.3. The number of imidazole rings is 1. The summed E-state index contributed by atoms with van der Waals surface area (Å²) in [4.78, 5) is 23.0. The summed E-state index contributed by atoms with van der Waals surface area (Å²) in [6.45, 7) is 5.08. The van der Waals surface area contributed by atoms with Crippen LogP contribution in [-0.2, 0) is 9.53 Å². The van der Waals surface area contributed by atoms with Crippen molar-refractivity contribution in [2.75, 3.05) is 56.3 Å². The van der Waals surface area contributed by atoms with Crippen LogP contribution in [0.4, 0.5) is 11.4 Å². The molecule has 3 aromatic rings. The fourth-order valence-electron chi connectivity index (χ4n) is 4.19. The molecule has 9 heteroatoms. The number of para-hydroxylation sites is 2. The van der Waals surface area contributed by atoms with E-state index in [1.807, 2.05) is 48.6 Å². The number of hydrogen-bond donors (Lipinski definition) is 3. The molecule has 0 radical (unpaired) electrons. The van der Waals surface area contributed by atoms with Crippen molar-refractivity contribution < 1.29 is 14.3 Å². The minimum Gasteiger partial charge on any atom is -0.492 e. The van der Waals surface area contributed by atoms with E-state index in [1.165, 1.54) is 5.57 Å². The molecular weight excluding hydrogens is 474 g/mol. The van der Waals surface area contributed by atoms with Gasteiger partial charge >= 0.3 is 0 Å². The van der Waals surface area contributed by atoms with Gasteiger partial charge in [0.15, 0.2) is 5.16 Å². The van der Waals surface area contributed by atoms with Crippen LogP contribution in [0.2, 0.25) is 0 Å². The van der Waals surface area contributed by atoms with Gasteiger partial charge in [0.25, 0.3) is 0 Å². The second kappa shape index (κ2) is 11.6. The molecule has 0 bridgehead atoms. The number of amides is 1. The predicted octanol–water partition coefficient (Wildman–Crippen LogP) is 4.09. The van der Waals surface area contributed by atoms with E-state index in [1.54, 1.807) is 17.8 Å². The number of rotatable bonds is 9. The second-order valence-electron chi connectivity index (χ2n) is 8.87. The van der Waals surface area contributed by atoms with E-state index >= 15 is 0 Å². The third-order valence-corrected chi connectivity index (χ3v) is 7.26. The summed E-state index contributed by atoms with van der Waals surface area (Å²) in [5, 5.41) is 3.78. The molecule has 4 N–H and O–H groups in total. The van der Waals surface area contributed by atoms with Gasteiger partial charge in [0.05, 0.1) is 41.5 Å². The molecule has 8 nitrogen and oxygen atoms in total. The lowest BCUT2D eigenvalue weighted by Gasteiger charge is -2.26. The summed E-state index contributed by atoms with van der Waals surface area (Å²) in [5.74, 6) is 1.37. The fourth-order valence-corrected chi connectivity index (χ4v) is 5.06. The third kappa shape index (κ3) is 6.29. The number of fused-ring (bicyclic) bond motifs is 1. The molecular formula is C27H31N5O3S. The summed E-state index contributed by atoms with van der Waals surface area (Å²) in [6.07, 6.45) is 6.77. The highest BCUT2D eigenvalue weighted by atomic mass is 32.2. The molecule has 1 fully saturated rings. The quantitative estimate of drug-likeness (QED) is 0.297. The standard InChI is InChI=1S/C27H31N5O3S/c28-22-3-1-2-4-23(22)29-26(33)20-7-5-19(6-8-20)18-36-27-30-24-10-9-21(17-25(24)31-27)35-16-13-32-11-14-34-15-12-32/h1-7,9-10,17,20H,8,11-16,18,28H2,(H,29,33)(H,30,31). The van der Waals surface area contributed by atoms with Crippen molar-refractivity contribution in [2.24, 2.45) is 5.92 Å². The fraction of sp³-hybridized carbons (Fsp3) is 0.333. The first kappa shape index (κ1) is 24.4. The molecule has 2 aromatic carbocycles. The van der Waals surface area contributed by atoms with E-state index in [-0.39, 0.29) is 11.8 Å². The monoisotopic (exact) mass is 505 g/mol. The zero-order valence-corrected chi connectivity index (χ0v) is 20.9. The molecule has 188 valence electrons. The number of carbonyl (C=O) groups excluding carboxylic acids is 1. The summed E-state index contributed by atoms with van der Waals surface area (Å²) in [5.41, 5.74) is 10.2. The van der Waals surface area contributed by atoms with Crippen molar-refractivity contribution in [3.8, 4) is 5.75 Å². The van der Waals surface area contributed by atoms with Gasteiger partial charge in [-0.05, 0) is 36.3 Å². The van der Waals surface area contributed by atoms with E-state index in [4.69, 9.17) is 20.2 Å². The van der Waals surface area contributed by atoms with Crippen LogP contribution >= 0.6 is 11.8 Å². The number of ether oxygens (including phenoxy) is 2. The van der Waals surface area contributed by atoms with Gasteiger partial charge in [-0.2, -0.15) is 0 Å². The number of allylic oxidation sites excluding steroid dienone is 2. The molecule has 0 saturated carbocycles. The number of nitrogens with two attached hydrogens (primary N) is 1. The summed E-state index contributed by atoms with van der Waals surface area (Å²) in [6, 6.07) is 13.3. The van der Waals surface area contributed by atoms with Gasteiger partial charge in [0.1, 0.15) is 12.4 Å². The molecule has 1 atom stereocenters. The number of aromatic amines is 1. The second-order valence-corrected chi connectivity index (χ2v) is 9.83. The zero-order chi connectivity index (χ0) is 24.7. The van der Waals surface area contributed by atoms with E-state index in [0.29, 0.717) is 24.4 Å². The number of morpholine rings is 1. The Morgan fingerprint density at radius 3 is 2.92 bits per heavy atom. The number of nitrogens with one attached hydrogen (secondary N) is 2. The van der Waals surface area contributed by atoms with Crippen LogP contribution in [0.5, 0.6) is 5.75 Å². The van der Waals surface area contributed by atoms with Crippen LogP contribution in [0, 0.1) is 5.92 Å². The molecule has 2 heterocycles. The summed E-state index contributed by atoms with van der Waals surface area (Å²) in [7, 11) is 0. The van der Waals surface area contributed by atoms with Gasteiger partial charge in [0, 0.05) is 31.5 Å². The first-order chi connectivity index (χ1) is 17.6. The van der Waals surface area contributed by atoms with Gasteiger partial charge in [0.2, 0.25) is 5.91 Å². The molecule has 1 aromatic heterocycles. The number of carbonyl (C=O) groups is 1. The molecule has 0 spiro atoms. The van der Waals surface area contributed by atoms with Crippen LogP contribution in [0.15, 0.2) is 71.4 Å². The van der Waals surface area contributed by atoms with E-state index in [9.17, 15) is 4.79 Å². The molecule has 1 amide bonds. The molecule has 1 aliphatic carbocycles. The maximum absolute atomic E-state index is 12.6. The Morgan fingerprint density at radius 2 is 2.11 bits per heavy atom. The third-order valence-electron chi connectivity index (χ3n) is 6.32. The van der Waals surface area contributed by atoms with Crippen LogP contribution in [0.1, 0.15) is 6.42 Å². The maximum Gasteiger partial charge on any atom is 0.231 e. The highest BCUT2D eigenvalue weighted by Gasteiger charge is 2.18.